The van der Waals surface area contributed by atoms with Gasteiger partial charge in [0.1, 0.15) is 24.0 Å². The van der Waals surface area contributed by atoms with E-state index in [4.69, 9.17) is 0 Å². The number of fused-ring (bicyclic) bond motifs is 1. The minimum atomic E-state index is -1.28. The SMILES string of the molecule is Cn1cc(N2CCN(CC3=C4C=CC=C[N+]4([C@H]4CCCC[C@@H]4O)C(=O)C(C(=O)O)=C3)CC2=O)cn1. The Morgan fingerprint density at radius 1 is 1.20 bits per heavy atom. The fourth-order valence-electron chi connectivity index (χ4n) is 5.77. The summed E-state index contributed by atoms with van der Waals surface area (Å²) in [5.41, 5.74) is 1.82. The van der Waals surface area contributed by atoms with Gasteiger partial charge in [0.2, 0.25) is 5.91 Å². The summed E-state index contributed by atoms with van der Waals surface area (Å²) in [5, 5.41) is 24.9. The molecule has 1 aromatic heterocycles. The molecule has 2 fully saturated rings. The topological polar surface area (TPSA) is 116 Å². The van der Waals surface area contributed by atoms with Crippen molar-refractivity contribution in [2.75, 3.05) is 31.1 Å². The van der Waals surface area contributed by atoms with Gasteiger partial charge in [-0.25, -0.2) is 9.59 Å². The first-order valence-electron chi connectivity index (χ1n) is 12.0. The number of carboxylic acids is 1. The van der Waals surface area contributed by atoms with Gasteiger partial charge in [0, 0.05) is 50.9 Å². The van der Waals surface area contributed by atoms with E-state index >= 15 is 0 Å². The summed E-state index contributed by atoms with van der Waals surface area (Å²) in [6.45, 7) is 1.57. The first-order chi connectivity index (χ1) is 16.8. The highest BCUT2D eigenvalue weighted by Gasteiger charge is 2.55. The lowest BCUT2D eigenvalue weighted by Gasteiger charge is -2.46. The summed E-state index contributed by atoms with van der Waals surface area (Å²) in [4.78, 5) is 42.4. The van der Waals surface area contributed by atoms with Gasteiger partial charge in [0.15, 0.2) is 5.57 Å². The molecule has 1 unspecified atom stereocenters. The van der Waals surface area contributed by atoms with Gasteiger partial charge in [-0.05, 0) is 25.0 Å². The highest BCUT2D eigenvalue weighted by molar-refractivity contribution is 6.14. The molecule has 10 nitrogen and oxygen atoms in total. The van der Waals surface area contributed by atoms with Crippen LogP contribution in [0.25, 0.3) is 0 Å². The van der Waals surface area contributed by atoms with Crippen molar-refractivity contribution in [3.8, 4) is 0 Å². The van der Waals surface area contributed by atoms with Crippen LogP contribution in [0, 0.1) is 0 Å². The lowest BCUT2D eigenvalue weighted by molar-refractivity contribution is -0.795. The monoisotopic (exact) mass is 480 g/mol. The molecular weight excluding hydrogens is 450 g/mol. The zero-order valence-corrected chi connectivity index (χ0v) is 19.7. The Labute approximate surface area is 203 Å². The zero-order valence-electron chi connectivity index (χ0n) is 19.7. The van der Waals surface area contributed by atoms with Crippen LogP contribution >= 0.6 is 0 Å². The third-order valence-corrected chi connectivity index (χ3v) is 7.44. The molecule has 0 spiro atoms. The molecule has 0 radical (unpaired) electrons. The predicted octanol–water partition coefficient (Wildman–Crippen LogP) is 1.08. The summed E-state index contributed by atoms with van der Waals surface area (Å²) in [6.07, 6.45) is 14.3. The molecule has 0 aromatic carbocycles. The molecule has 1 saturated heterocycles. The van der Waals surface area contributed by atoms with Gasteiger partial charge >= 0.3 is 11.9 Å². The molecule has 0 bridgehead atoms. The molecule has 4 heterocycles. The Kier molecular flexibility index (Phi) is 6.04. The van der Waals surface area contributed by atoms with Crippen LogP contribution in [0.2, 0.25) is 0 Å². The number of quaternary nitrogens is 1. The molecule has 3 atom stereocenters. The van der Waals surface area contributed by atoms with Gasteiger partial charge in [0.05, 0.1) is 18.4 Å². The molecular formula is C25H30N5O5+. The van der Waals surface area contributed by atoms with Crippen molar-refractivity contribution in [3.05, 3.63) is 59.7 Å². The number of carbonyl (C=O) groups excluding carboxylic acids is 2. The van der Waals surface area contributed by atoms with Crippen LogP contribution in [-0.2, 0) is 21.4 Å². The fraction of sp³-hybridized carbons (Fsp3) is 0.440. The minimum absolute atomic E-state index is 0.0632. The van der Waals surface area contributed by atoms with Crippen LogP contribution in [0.4, 0.5) is 5.69 Å². The first-order valence-corrected chi connectivity index (χ1v) is 12.0. The molecule has 10 heteroatoms. The molecule has 3 aliphatic heterocycles. The van der Waals surface area contributed by atoms with E-state index in [1.54, 1.807) is 41.3 Å². The number of carbonyl (C=O) groups is 3. The van der Waals surface area contributed by atoms with Gasteiger partial charge in [-0.15, -0.1) is 0 Å². The van der Waals surface area contributed by atoms with Gasteiger partial charge in [-0.3, -0.25) is 14.4 Å². The number of rotatable bonds is 5. The van der Waals surface area contributed by atoms with E-state index in [0.29, 0.717) is 43.7 Å². The third kappa shape index (κ3) is 3.97. The summed E-state index contributed by atoms with van der Waals surface area (Å²) in [6, 6.07) is -0.449. The molecule has 2 amide bonds. The number of piperazine rings is 1. The van der Waals surface area contributed by atoms with Gasteiger partial charge in [0.25, 0.3) is 0 Å². The standard InChI is InChI=1S/C25H29N5O5/c1-27-15-18(13-26-27)29-10-9-28(16-23(29)32)14-17-12-19(25(34)35)24(33)30(11-5-4-6-20(17)30)21-7-2-3-8-22(21)31/h4-6,11-13,15,21-22,31H,2-3,7-10,14,16H2,1H3/p+1/t21-,22-,30?/m0/s1. The number of allylic oxidation sites excluding steroid dienone is 3. The van der Waals surface area contributed by atoms with Crippen molar-refractivity contribution < 1.29 is 29.1 Å². The van der Waals surface area contributed by atoms with Gasteiger partial charge in [-0.1, -0.05) is 12.5 Å². The molecule has 5 rings (SSSR count). The van der Waals surface area contributed by atoms with Crippen molar-refractivity contribution in [2.24, 2.45) is 7.05 Å². The van der Waals surface area contributed by atoms with Crippen LogP contribution in [0.5, 0.6) is 0 Å². The second-order valence-electron chi connectivity index (χ2n) is 9.60. The van der Waals surface area contributed by atoms with Crippen molar-refractivity contribution in [2.45, 2.75) is 37.8 Å². The average Bonchev–Trinajstić information content (AvgIpc) is 3.27. The molecule has 1 saturated carbocycles. The molecule has 35 heavy (non-hydrogen) atoms. The van der Waals surface area contributed by atoms with Crippen molar-refractivity contribution in [3.63, 3.8) is 0 Å². The van der Waals surface area contributed by atoms with Gasteiger partial charge in [-0.2, -0.15) is 9.58 Å². The number of anilines is 1. The smallest absolute Gasteiger partial charge is 0.363 e. The van der Waals surface area contributed by atoms with Crippen LogP contribution in [0.3, 0.4) is 0 Å². The maximum atomic E-state index is 13.7. The molecule has 184 valence electrons. The van der Waals surface area contributed by atoms with E-state index in [2.05, 4.69) is 5.10 Å². The van der Waals surface area contributed by atoms with Crippen LogP contribution in [0.1, 0.15) is 25.7 Å². The Morgan fingerprint density at radius 2 is 2.00 bits per heavy atom. The normalized spacial score (nSPS) is 29.4. The number of aromatic nitrogens is 2. The van der Waals surface area contributed by atoms with E-state index in [0.717, 1.165) is 18.5 Å². The Bertz CT molecular complexity index is 1190. The number of aliphatic hydroxyl groups excluding tert-OH is 1. The number of hydrogen-bond donors (Lipinski definition) is 2. The number of aryl methyl sites for hydroxylation is 1. The summed E-state index contributed by atoms with van der Waals surface area (Å²) < 4.78 is 1.34. The largest absolute Gasteiger partial charge is 0.477 e. The highest BCUT2D eigenvalue weighted by Crippen LogP contribution is 2.42. The zero-order chi connectivity index (χ0) is 24.7. The number of aliphatic carboxylic acids is 1. The van der Waals surface area contributed by atoms with Crippen molar-refractivity contribution in [1.29, 1.82) is 0 Å². The molecule has 1 aromatic rings. The average molecular weight is 481 g/mol. The summed E-state index contributed by atoms with van der Waals surface area (Å²) in [5.74, 6) is -1.87. The molecule has 2 N–H and O–H groups in total. The minimum Gasteiger partial charge on any atom is -0.477 e. The van der Waals surface area contributed by atoms with Crippen molar-refractivity contribution in [1.82, 2.24) is 14.7 Å². The maximum Gasteiger partial charge on any atom is 0.363 e. The second kappa shape index (κ2) is 9.03. The highest BCUT2D eigenvalue weighted by atomic mass is 16.4. The van der Waals surface area contributed by atoms with E-state index < -0.39 is 24.0 Å². The quantitative estimate of drug-likeness (QED) is 0.479. The second-order valence-corrected chi connectivity index (χ2v) is 9.60. The fourth-order valence-corrected chi connectivity index (χ4v) is 5.77. The van der Waals surface area contributed by atoms with Crippen molar-refractivity contribution >= 4 is 23.5 Å². The Hall–Kier alpha value is -3.34. The number of amides is 2. The summed E-state index contributed by atoms with van der Waals surface area (Å²) >= 11 is 0. The Balaban J connectivity index is 1.48. The first kappa shape index (κ1) is 23.4. The number of nitrogens with zero attached hydrogens (tertiary/aromatic N) is 5. The van der Waals surface area contributed by atoms with E-state index in [-0.39, 0.29) is 22.5 Å². The number of hydrogen-bond acceptors (Lipinski definition) is 6. The van der Waals surface area contributed by atoms with E-state index in [1.807, 2.05) is 17.1 Å². The number of aliphatic hydroxyl groups is 1. The van der Waals surface area contributed by atoms with Gasteiger partial charge < -0.3 is 15.1 Å². The molecule has 4 aliphatic rings. The van der Waals surface area contributed by atoms with Crippen LogP contribution in [0.15, 0.2) is 59.7 Å². The van der Waals surface area contributed by atoms with E-state index in [1.165, 1.54) is 6.08 Å². The lowest BCUT2D eigenvalue weighted by Crippen LogP contribution is -2.62. The van der Waals surface area contributed by atoms with E-state index in [9.17, 15) is 24.6 Å². The number of carboxylic acid groups (broad SMARTS) is 1. The maximum absolute atomic E-state index is 13.7. The third-order valence-electron chi connectivity index (χ3n) is 7.44. The Morgan fingerprint density at radius 3 is 2.69 bits per heavy atom. The predicted molar refractivity (Wildman–Crippen MR) is 127 cm³/mol. The lowest BCUT2D eigenvalue weighted by atomic mass is 9.85. The summed E-state index contributed by atoms with van der Waals surface area (Å²) in [7, 11) is 1.80. The van der Waals surface area contributed by atoms with Crippen LogP contribution in [-0.4, -0.2) is 85.5 Å². The van der Waals surface area contributed by atoms with Crippen LogP contribution < -0.4 is 4.90 Å². The molecule has 1 aliphatic carbocycles.